The molecule has 0 radical (unpaired) electrons. The molecular weight excluding hydrogens is 505 g/mol. The fourth-order valence-corrected chi connectivity index (χ4v) is 3.94. The van der Waals surface area contributed by atoms with Crippen molar-refractivity contribution < 1.29 is 42.5 Å². The molecule has 1 aromatic heterocycles. The number of phosphoric ester groups is 1. The molecule has 204 valence electrons. The number of unbranched alkanes of at least 4 members (excludes halogenated alkanes) is 2. The number of phosphoric acid groups is 1. The smallest absolute Gasteiger partial charge is 0.451 e. The summed E-state index contributed by atoms with van der Waals surface area (Å²) < 4.78 is 20.7. The molecule has 12 nitrogen and oxygen atoms in total. The Hall–Kier alpha value is -3.02. The number of rotatable bonds is 17. The second-order valence-electron chi connectivity index (χ2n) is 8.16. The summed E-state index contributed by atoms with van der Waals surface area (Å²) in [5.74, 6) is -1.01. The van der Waals surface area contributed by atoms with Crippen LogP contribution in [0.5, 0.6) is 0 Å². The molecule has 2 aromatic rings. The van der Waals surface area contributed by atoms with Crippen LogP contribution in [0.15, 0.2) is 46.9 Å². The fourth-order valence-electron chi connectivity index (χ4n) is 3.76. The second kappa shape index (κ2) is 15.3. The summed E-state index contributed by atoms with van der Waals surface area (Å²) in [6, 6.07) is 11.8. The molecule has 0 aliphatic heterocycles. The molecule has 3 amide bonds. The van der Waals surface area contributed by atoms with Gasteiger partial charge in [0.25, 0.3) is 5.91 Å². The van der Waals surface area contributed by atoms with Crippen molar-refractivity contribution in [2.24, 2.45) is 5.92 Å². The fraction of sp³-hybridized carbons (Fsp3) is 0.458. The molecule has 0 unspecified atom stereocenters. The third-order valence-corrected chi connectivity index (χ3v) is 6.03. The summed E-state index contributed by atoms with van der Waals surface area (Å²) in [6.07, 6.45) is 3.57. The van der Waals surface area contributed by atoms with E-state index in [0.717, 1.165) is 23.5 Å². The summed E-state index contributed by atoms with van der Waals surface area (Å²) >= 11 is 0. The summed E-state index contributed by atoms with van der Waals surface area (Å²) in [5, 5.41) is 6.07. The topological polar surface area (TPSA) is 168 Å². The highest BCUT2D eigenvalue weighted by atomic mass is 31.2. The molecule has 0 aliphatic carbocycles. The minimum atomic E-state index is -4.80. The molecule has 0 saturated heterocycles. The van der Waals surface area contributed by atoms with E-state index < -0.39 is 38.4 Å². The van der Waals surface area contributed by atoms with E-state index in [1.807, 2.05) is 37.3 Å². The number of furan rings is 1. The quantitative estimate of drug-likeness (QED) is 0.0776. The first-order chi connectivity index (χ1) is 17.7. The van der Waals surface area contributed by atoms with E-state index >= 15 is 0 Å². The van der Waals surface area contributed by atoms with Gasteiger partial charge < -0.3 is 24.8 Å². The molecule has 0 spiro atoms. The van der Waals surface area contributed by atoms with Crippen molar-refractivity contribution in [3.05, 3.63) is 48.2 Å². The van der Waals surface area contributed by atoms with E-state index in [2.05, 4.69) is 15.2 Å². The lowest BCUT2D eigenvalue weighted by molar-refractivity contribution is -0.221. The van der Waals surface area contributed by atoms with E-state index in [1.54, 1.807) is 19.1 Å². The predicted molar refractivity (Wildman–Crippen MR) is 133 cm³/mol. The van der Waals surface area contributed by atoms with Crippen LogP contribution in [-0.2, 0) is 23.5 Å². The molecule has 2 rings (SSSR count). The van der Waals surface area contributed by atoms with Gasteiger partial charge in [0, 0.05) is 5.56 Å². The molecule has 0 saturated carbocycles. The first kappa shape index (κ1) is 30.2. The van der Waals surface area contributed by atoms with E-state index in [1.165, 1.54) is 0 Å². The number of benzene rings is 1. The van der Waals surface area contributed by atoms with Crippen molar-refractivity contribution >= 4 is 26.0 Å². The van der Waals surface area contributed by atoms with Gasteiger partial charge >= 0.3 is 7.82 Å². The van der Waals surface area contributed by atoms with Gasteiger partial charge in [-0.05, 0) is 25.0 Å². The molecule has 1 heterocycles. The lowest BCUT2D eigenvalue weighted by Gasteiger charge is -2.32. The maximum Gasteiger partial charge on any atom is 0.471 e. The molecular formula is C24H34N3O9P. The predicted octanol–water partition coefficient (Wildman–Crippen LogP) is 3.18. The van der Waals surface area contributed by atoms with Crippen molar-refractivity contribution in [1.29, 1.82) is 0 Å². The normalized spacial score (nSPS) is 13.0. The van der Waals surface area contributed by atoms with E-state index in [9.17, 15) is 18.9 Å². The first-order valence-electron chi connectivity index (χ1n) is 12.0. The first-order valence-corrected chi connectivity index (χ1v) is 13.5. The number of amides is 3. The molecule has 0 aliphatic rings. The van der Waals surface area contributed by atoms with Crippen LogP contribution in [-0.4, -0.2) is 52.6 Å². The zero-order valence-corrected chi connectivity index (χ0v) is 21.8. The molecule has 13 heteroatoms. The van der Waals surface area contributed by atoms with Gasteiger partial charge in [0.2, 0.25) is 12.3 Å². The number of hydroxylamine groups is 2. The number of carbonyl (C=O) groups is 3. The summed E-state index contributed by atoms with van der Waals surface area (Å²) in [6.45, 7) is 2.72. The Morgan fingerprint density at radius 1 is 1.11 bits per heavy atom. The van der Waals surface area contributed by atoms with Crippen molar-refractivity contribution in [3.63, 3.8) is 0 Å². The van der Waals surface area contributed by atoms with Gasteiger partial charge in [0.1, 0.15) is 5.76 Å². The Bertz CT molecular complexity index is 1040. The minimum Gasteiger partial charge on any atom is -0.451 e. The zero-order chi connectivity index (χ0) is 27.3. The highest BCUT2D eigenvalue weighted by Crippen LogP contribution is 2.35. The summed E-state index contributed by atoms with van der Waals surface area (Å²) in [7, 11) is -4.80. The van der Waals surface area contributed by atoms with Crippen LogP contribution in [0.1, 0.15) is 56.5 Å². The second-order valence-corrected chi connectivity index (χ2v) is 9.40. The average molecular weight is 540 g/mol. The Morgan fingerprint density at radius 2 is 1.84 bits per heavy atom. The lowest BCUT2D eigenvalue weighted by Crippen LogP contribution is -2.48. The monoisotopic (exact) mass is 539 g/mol. The van der Waals surface area contributed by atoms with Gasteiger partial charge in [-0.15, -0.1) is 0 Å². The van der Waals surface area contributed by atoms with Crippen molar-refractivity contribution in [3.8, 4) is 11.3 Å². The van der Waals surface area contributed by atoms with Crippen LogP contribution in [0.25, 0.3) is 11.3 Å². The highest BCUT2D eigenvalue weighted by Gasteiger charge is 2.32. The standard InChI is InChI=1S/C24H34N3O9P/c1-3-5-7-12-19(20(4-2)27(16-28)34-17-35-37(31,32)33)23(29)25-15-26-24(30)22-14-13-21(36-22)18-10-8-6-9-11-18/h6,8-11,13-14,16,19-20H,3-5,7,12,15,17H2,1-2H3,(H,25,29)(H,26,30)(H2,31,32,33)/t19-,20-/m1/s1. The van der Waals surface area contributed by atoms with Gasteiger partial charge in [-0.2, -0.15) is 0 Å². The Morgan fingerprint density at radius 3 is 2.46 bits per heavy atom. The van der Waals surface area contributed by atoms with Crippen molar-refractivity contribution in [2.75, 3.05) is 13.5 Å². The van der Waals surface area contributed by atoms with E-state index in [-0.39, 0.29) is 12.4 Å². The van der Waals surface area contributed by atoms with Crippen LogP contribution in [0.2, 0.25) is 0 Å². The number of carbonyl (C=O) groups excluding carboxylic acids is 3. The van der Waals surface area contributed by atoms with Gasteiger partial charge in [-0.1, -0.05) is 63.4 Å². The molecule has 0 bridgehead atoms. The minimum absolute atomic E-state index is 0.0876. The number of hydrogen-bond acceptors (Lipinski definition) is 7. The zero-order valence-electron chi connectivity index (χ0n) is 20.9. The molecule has 37 heavy (non-hydrogen) atoms. The lowest BCUT2D eigenvalue weighted by atomic mass is 9.90. The average Bonchev–Trinajstić information content (AvgIpc) is 3.37. The van der Waals surface area contributed by atoms with Crippen LogP contribution in [0.3, 0.4) is 0 Å². The Labute approximate surface area is 215 Å². The Balaban J connectivity index is 1.99. The summed E-state index contributed by atoms with van der Waals surface area (Å²) in [5.41, 5.74) is 0.823. The van der Waals surface area contributed by atoms with Gasteiger partial charge in [-0.3, -0.25) is 18.9 Å². The number of hydrogen-bond donors (Lipinski definition) is 4. The number of nitrogens with zero attached hydrogens (tertiary/aromatic N) is 1. The third kappa shape index (κ3) is 10.1. The van der Waals surface area contributed by atoms with Crippen molar-refractivity contribution in [1.82, 2.24) is 15.7 Å². The highest BCUT2D eigenvalue weighted by molar-refractivity contribution is 7.46. The van der Waals surface area contributed by atoms with Crippen LogP contribution in [0, 0.1) is 5.92 Å². The van der Waals surface area contributed by atoms with Crippen LogP contribution < -0.4 is 10.6 Å². The SMILES string of the molecule is CCCCC[C@@H](C(=O)NCNC(=O)c1ccc(-c2ccccc2)o1)[C@@H](CC)N(C=O)OCOP(=O)(O)O. The van der Waals surface area contributed by atoms with Crippen molar-refractivity contribution in [2.45, 2.75) is 52.0 Å². The third-order valence-electron chi connectivity index (χ3n) is 5.59. The van der Waals surface area contributed by atoms with Gasteiger partial charge in [-0.25, -0.2) is 14.5 Å². The van der Waals surface area contributed by atoms with Gasteiger partial charge in [0.15, 0.2) is 12.6 Å². The Kier molecular flexibility index (Phi) is 12.5. The molecule has 4 N–H and O–H groups in total. The molecule has 0 fully saturated rings. The molecule has 2 atom stereocenters. The van der Waals surface area contributed by atoms with Crippen LogP contribution in [0.4, 0.5) is 0 Å². The summed E-state index contributed by atoms with van der Waals surface area (Å²) in [4.78, 5) is 59.9. The largest absolute Gasteiger partial charge is 0.471 e. The van der Waals surface area contributed by atoms with E-state index in [0.29, 0.717) is 31.4 Å². The maximum absolute atomic E-state index is 13.1. The van der Waals surface area contributed by atoms with Gasteiger partial charge in [0.05, 0.1) is 18.6 Å². The maximum atomic E-state index is 13.1. The number of nitrogens with one attached hydrogen (secondary N) is 2. The van der Waals surface area contributed by atoms with Crippen LogP contribution >= 0.6 is 7.82 Å². The van der Waals surface area contributed by atoms with E-state index in [4.69, 9.17) is 19.0 Å². The molecule has 1 aromatic carbocycles.